The Balaban J connectivity index is 0.980. The lowest BCUT2D eigenvalue weighted by atomic mass is 9.95. The van der Waals surface area contributed by atoms with Crippen molar-refractivity contribution in [3.8, 4) is 44.5 Å². The first-order valence-electron chi connectivity index (χ1n) is 20.7. The highest BCUT2D eigenvalue weighted by molar-refractivity contribution is 6.14. The minimum atomic E-state index is 0.877. The Hall–Kier alpha value is -8.14. The fourth-order valence-electron chi connectivity index (χ4n) is 9.18. The maximum Gasteiger partial charge on any atom is 0.136 e. The van der Waals surface area contributed by atoms with Crippen LogP contribution in [0.1, 0.15) is 0 Å². The highest BCUT2D eigenvalue weighted by Crippen LogP contribution is 2.45. The summed E-state index contributed by atoms with van der Waals surface area (Å²) < 4.78 is 12.5. The average Bonchev–Trinajstić information content (AvgIpc) is 3.91. The van der Waals surface area contributed by atoms with Gasteiger partial charge in [-0.3, -0.25) is 0 Å². The van der Waals surface area contributed by atoms with Gasteiger partial charge in [0.05, 0.1) is 5.69 Å². The number of hydrogen-bond donors (Lipinski definition) is 0. The second-order valence-electron chi connectivity index (χ2n) is 15.6. The molecule has 2 aromatic heterocycles. The number of para-hydroxylation sites is 3. The number of hydrogen-bond acceptors (Lipinski definition) is 3. The molecule has 0 N–H and O–H groups in total. The molecule has 0 spiro atoms. The molecule has 2 heterocycles. The standard InChI is InChI=1S/C58H37NO2/c1-2-16-46-40(12-1)13-10-20-47(46)43-15-9-14-41(36-43)38-26-31-44(32-27-38)59(45-33-28-39(29-34-45)42-30-35-56-52(37-42)49-18-4-7-23-54(49)60-56)53-22-6-3-17-48(53)50-21-11-25-57-58(50)51-19-5-8-24-55(51)61-57/h1-37H. The number of nitrogens with zero attached hydrogens (tertiary/aromatic N) is 1. The Morgan fingerprint density at radius 2 is 0.787 bits per heavy atom. The summed E-state index contributed by atoms with van der Waals surface area (Å²) in [7, 11) is 0. The van der Waals surface area contributed by atoms with E-state index in [1.807, 2.05) is 24.3 Å². The third-order valence-corrected chi connectivity index (χ3v) is 12.1. The maximum atomic E-state index is 6.38. The molecular weight excluding hydrogens is 743 g/mol. The van der Waals surface area contributed by atoms with Gasteiger partial charge < -0.3 is 13.7 Å². The Morgan fingerprint density at radius 3 is 1.59 bits per heavy atom. The maximum absolute atomic E-state index is 6.38. The van der Waals surface area contributed by atoms with E-state index in [1.54, 1.807) is 0 Å². The highest BCUT2D eigenvalue weighted by atomic mass is 16.3. The molecule has 0 saturated heterocycles. The first-order valence-corrected chi connectivity index (χ1v) is 20.7. The molecule has 0 unspecified atom stereocenters. The van der Waals surface area contributed by atoms with Crippen LogP contribution in [0, 0.1) is 0 Å². The molecule has 0 amide bonds. The lowest BCUT2D eigenvalue weighted by Gasteiger charge is -2.28. The fourth-order valence-corrected chi connectivity index (χ4v) is 9.18. The number of anilines is 3. The molecule has 10 aromatic carbocycles. The molecule has 0 aliphatic rings. The molecule has 0 aliphatic heterocycles. The van der Waals surface area contributed by atoms with Crippen molar-refractivity contribution >= 4 is 71.7 Å². The van der Waals surface area contributed by atoms with Crippen molar-refractivity contribution in [2.24, 2.45) is 0 Å². The summed E-state index contributed by atoms with van der Waals surface area (Å²) in [5, 5.41) is 6.97. The molecule has 3 nitrogen and oxygen atoms in total. The summed E-state index contributed by atoms with van der Waals surface area (Å²) >= 11 is 0. The molecule has 286 valence electrons. The first kappa shape index (κ1) is 34.9. The van der Waals surface area contributed by atoms with E-state index >= 15 is 0 Å². The van der Waals surface area contributed by atoms with Gasteiger partial charge in [-0.2, -0.15) is 0 Å². The van der Waals surface area contributed by atoms with E-state index in [9.17, 15) is 0 Å². The van der Waals surface area contributed by atoms with Crippen molar-refractivity contribution in [2.45, 2.75) is 0 Å². The third-order valence-electron chi connectivity index (χ3n) is 12.1. The summed E-state index contributed by atoms with van der Waals surface area (Å²) in [6.45, 7) is 0. The second kappa shape index (κ2) is 14.3. The normalized spacial score (nSPS) is 11.6. The summed E-state index contributed by atoms with van der Waals surface area (Å²) in [5.74, 6) is 0. The van der Waals surface area contributed by atoms with Crippen LogP contribution in [0.3, 0.4) is 0 Å². The number of fused-ring (bicyclic) bond motifs is 7. The van der Waals surface area contributed by atoms with Crippen molar-refractivity contribution in [1.82, 2.24) is 0 Å². The Morgan fingerprint density at radius 1 is 0.279 bits per heavy atom. The van der Waals surface area contributed by atoms with Gasteiger partial charge in [-0.15, -0.1) is 0 Å². The van der Waals surface area contributed by atoms with Gasteiger partial charge in [-0.05, 0) is 116 Å². The Kier molecular flexibility index (Phi) is 8.17. The minimum Gasteiger partial charge on any atom is -0.456 e. The van der Waals surface area contributed by atoms with Crippen LogP contribution in [-0.2, 0) is 0 Å². The van der Waals surface area contributed by atoms with Crippen molar-refractivity contribution in [3.05, 3.63) is 224 Å². The van der Waals surface area contributed by atoms with Crippen molar-refractivity contribution < 1.29 is 8.83 Å². The molecule has 0 saturated carbocycles. The van der Waals surface area contributed by atoms with Crippen LogP contribution < -0.4 is 4.90 Å². The lowest BCUT2D eigenvalue weighted by Crippen LogP contribution is -2.11. The molecule has 0 radical (unpaired) electrons. The van der Waals surface area contributed by atoms with E-state index in [-0.39, 0.29) is 0 Å². The molecule has 0 fully saturated rings. The van der Waals surface area contributed by atoms with E-state index in [0.29, 0.717) is 0 Å². The molecule has 61 heavy (non-hydrogen) atoms. The molecule has 3 heteroatoms. The molecule has 12 aromatic rings. The molecule has 0 aliphatic carbocycles. The molecule has 0 atom stereocenters. The number of rotatable bonds is 7. The summed E-state index contributed by atoms with van der Waals surface area (Å²) in [6, 6.07) is 80.1. The van der Waals surface area contributed by atoms with Gasteiger partial charge in [0.15, 0.2) is 0 Å². The SMILES string of the molecule is c1cc(-c2ccc(N(c3ccc(-c4ccc5oc6ccccc6c5c4)cc3)c3ccccc3-c3cccc4oc5ccccc5c34)cc2)cc(-c2cccc3ccccc23)c1. The van der Waals surface area contributed by atoms with Gasteiger partial charge in [0.25, 0.3) is 0 Å². The zero-order valence-electron chi connectivity index (χ0n) is 33.1. The van der Waals surface area contributed by atoms with Gasteiger partial charge in [-0.1, -0.05) is 158 Å². The van der Waals surface area contributed by atoms with Gasteiger partial charge in [0.1, 0.15) is 22.3 Å². The highest BCUT2D eigenvalue weighted by Gasteiger charge is 2.21. The van der Waals surface area contributed by atoms with Crippen molar-refractivity contribution in [1.29, 1.82) is 0 Å². The molecule has 0 bridgehead atoms. The van der Waals surface area contributed by atoms with E-state index in [4.69, 9.17) is 8.83 Å². The van der Waals surface area contributed by atoms with Gasteiger partial charge >= 0.3 is 0 Å². The van der Waals surface area contributed by atoms with Crippen LogP contribution in [0.5, 0.6) is 0 Å². The average molecular weight is 780 g/mol. The quantitative estimate of drug-likeness (QED) is 0.161. The Bertz CT molecular complexity index is 3590. The predicted octanol–water partition coefficient (Wildman–Crippen LogP) is 16.8. The summed E-state index contributed by atoms with van der Waals surface area (Å²) in [5.41, 5.74) is 16.1. The van der Waals surface area contributed by atoms with E-state index in [2.05, 4.69) is 205 Å². The number of benzene rings is 10. The topological polar surface area (TPSA) is 29.5 Å². The van der Waals surface area contributed by atoms with Crippen LogP contribution >= 0.6 is 0 Å². The van der Waals surface area contributed by atoms with Gasteiger partial charge in [0, 0.05) is 38.5 Å². The Labute approximate surface area is 353 Å². The van der Waals surface area contributed by atoms with Gasteiger partial charge in [-0.25, -0.2) is 0 Å². The molecular formula is C58H37NO2. The zero-order chi connectivity index (χ0) is 40.3. The first-order chi connectivity index (χ1) is 30.2. The third kappa shape index (κ3) is 5.98. The van der Waals surface area contributed by atoms with E-state index in [1.165, 1.54) is 27.5 Å². The van der Waals surface area contributed by atoms with Crippen LogP contribution in [0.15, 0.2) is 233 Å². The summed E-state index contributed by atoms with van der Waals surface area (Å²) in [6.07, 6.45) is 0. The van der Waals surface area contributed by atoms with Crippen LogP contribution in [0.4, 0.5) is 17.1 Å². The van der Waals surface area contributed by atoms with Crippen molar-refractivity contribution in [2.75, 3.05) is 4.90 Å². The summed E-state index contributed by atoms with van der Waals surface area (Å²) in [4.78, 5) is 2.38. The smallest absolute Gasteiger partial charge is 0.136 e. The zero-order valence-corrected chi connectivity index (χ0v) is 33.1. The van der Waals surface area contributed by atoms with Crippen LogP contribution in [0.2, 0.25) is 0 Å². The van der Waals surface area contributed by atoms with Crippen molar-refractivity contribution in [3.63, 3.8) is 0 Å². The molecule has 12 rings (SSSR count). The minimum absolute atomic E-state index is 0.877. The van der Waals surface area contributed by atoms with Crippen LogP contribution in [0.25, 0.3) is 99.2 Å². The largest absolute Gasteiger partial charge is 0.456 e. The van der Waals surface area contributed by atoms with Gasteiger partial charge in [0.2, 0.25) is 0 Å². The number of furan rings is 2. The lowest BCUT2D eigenvalue weighted by molar-refractivity contribution is 0.668. The van der Waals surface area contributed by atoms with E-state index < -0.39 is 0 Å². The predicted molar refractivity (Wildman–Crippen MR) is 255 cm³/mol. The monoisotopic (exact) mass is 779 g/mol. The second-order valence-corrected chi connectivity index (χ2v) is 15.6. The van der Waals surface area contributed by atoms with Crippen LogP contribution in [-0.4, -0.2) is 0 Å². The fraction of sp³-hybridized carbons (Fsp3) is 0. The van der Waals surface area contributed by atoms with E-state index in [0.717, 1.165) is 88.8 Å².